The fourth-order valence-corrected chi connectivity index (χ4v) is 1.24. The van der Waals surface area contributed by atoms with E-state index in [2.05, 4.69) is 25.7 Å². The van der Waals surface area contributed by atoms with E-state index in [1.165, 1.54) is 6.26 Å². The summed E-state index contributed by atoms with van der Waals surface area (Å²) in [7, 11) is 0. The van der Waals surface area contributed by atoms with Crippen molar-refractivity contribution in [2.75, 3.05) is 26.2 Å². The van der Waals surface area contributed by atoms with Crippen LogP contribution in [0.3, 0.4) is 0 Å². The molecular formula is C11H24N2O. The second kappa shape index (κ2) is 9.03. The summed E-state index contributed by atoms with van der Waals surface area (Å²) in [5.74, 6) is 1.23. The quantitative estimate of drug-likeness (QED) is 0.436. The average molecular weight is 200 g/mol. The van der Waals surface area contributed by atoms with Gasteiger partial charge < -0.3 is 15.8 Å². The highest BCUT2D eigenvalue weighted by molar-refractivity contribution is 4.66. The van der Waals surface area contributed by atoms with E-state index >= 15 is 0 Å². The van der Waals surface area contributed by atoms with Crippen LogP contribution >= 0.6 is 0 Å². The molecule has 14 heavy (non-hydrogen) atoms. The SMILES string of the molecule is C=COCCCNCC(CN)C(C)C. The number of ether oxygens (including phenoxy) is 1. The Morgan fingerprint density at radius 3 is 2.71 bits per heavy atom. The predicted molar refractivity (Wildman–Crippen MR) is 61.0 cm³/mol. The largest absolute Gasteiger partial charge is 0.502 e. The zero-order valence-corrected chi connectivity index (χ0v) is 9.46. The maximum Gasteiger partial charge on any atom is 0.0885 e. The molecule has 0 rings (SSSR count). The molecular weight excluding hydrogens is 176 g/mol. The maximum atomic E-state index is 5.66. The van der Waals surface area contributed by atoms with Gasteiger partial charge >= 0.3 is 0 Å². The number of hydrogen-bond donors (Lipinski definition) is 2. The molecule has 0 heterocycles. The fourth-order valence-electron chi connectivity index (χ4n) is 1.24. The summed E-state index contributed by atoms with van der Waals surface area (Å²) in [5.41, 5.74) is 5.66. The van der Waals surface area contributed by atoms with Crippen LogP contribution < -0.4 is 11.1 Å². The van der Waals surface area contributed by atoms with Crippen molar-refractivity contribution in [1.29, 1.82) is 0 Å². The molecule has 0 amide bonds. The van der Waals surface area contributed by atoms with E-state index in [9.17, 15) is 0 Å². The van der Waals surface area contributed by atoms with Crippen LogP contribution in [0.25, 0.3) is 0 Å². The molecule has 0 saturated carbocycles. The lowest BCUT2D eigenvalue weighted by Crippen LogP contribution is -2.32. The van der Waals surface area contributed by atoms with E-state index in [1.807, 2.05) is 0 Å². The molecule has 0 aliphatic rings. The first-order valence-electron chi connectivity index (χ1n) is 5.35. The zero-order chi connectivity index (χ0) is 10.8. The molecule has 0 aromatic carbocycles. The van der Waals surface area contributed by atoms with Gasteiger partial charge in [0.25, 0.3) is 0 Å². The van der Waals surface area contributed by atoms with Gasteiger partial charge in [0.1, 0.15) is 0 Å². The van der Waals surface area contributed by atoms with Crippen LogP contribution in [0.5, 0.6) is 0 Å². The summed E-state index contributed by atoms with van der Waals surface area (Å²) in [6, 6.07) is 0. The maximum absolute atomic E-state index is 5.66. The van der Waals surface area contributed by atoms with Crippen LogP contribution in [0.2, 0.25) is 0 Å². The van der Waals surface area contributed by atoms with Gasteiger partial charge in [0.15, 0.2) is 0 Å². The zero-order valence-electron chi connectivity index (χ0n) is 9.46. The van der Waals surface area contributed by atoms with Gasteiger partial charge in [0.2, 0.25) is 0 Å². The molecule has 0 aromatic rings. The van der Waals surface area contributed by atoms with Crippen LogP contribution in [0.1, 0.15) is 20.3 Å². The van der Waals surface area contributed by atoms with E-state index in [0.29, 0.717) is 11.8 Å². The first kappa shape index (κ1) is 13.5. The van der Waals surface area contributed by atoms with Crippen LogP contribution in [-0.4, -0.2) is 26.2 Å². The van der Waals surface area contributed by atoms with Gasteiger partial charge in [0, 0.05) is 0 Å². The molecule has 0 aromatic heterocycles. The van der Waals surface area contributed by atoms with Gasteiger partial charge in [-0.05, 0) is 37.9 Å². The molecule has 0 radical (unpaired) electrons. The summed E-state index contributed by atoms with van der Waals surface area (Å²) < 4.78 is 5.01. The Kier molecular flexibility index (Phi) is 8.68. The Hall–Kier alpha value is -0.540. The Bertz CT molecular complexity index is 137. The van der Waals surface area contributed by atoms with E-state index < -0.39 is 0 Å². The van der Waals surface area contributed by atoms with Crippen LogP contribution in [0.15, 0.2) is 12.8 Å². The molecule has 0 fully saturated rings. The van der Waals surface area contributed by atoms with Crippen molar-refractivity contribution in [2.45, 2.75) is 20.3 Å². The minimum atomic E-state index is 0.579. The Morgan fingerprint density at radius 2 is 2.21 bits per heavy atom. The lowest BCUT2D eigenvalue weighted by molar-refractivity contribution is 0.242. The summed E-state index contributed by atoms with van der Waals surface area (Å²) >= 11 is 0. The number of hydrogen-bond acceptors (Lipinski definition) is 3. The molecule has 3 N–H and O–H groups in total. The average Bonchev–Trinajstić information content (AvgIpc) is 2.16. The molecule has 1 atom stereocenters. The highest BCUT2D eigenvalue weighted by Gasteiger charge is 2.09. The highest BCUT2D eigenvalue weighted by Crippen LogP contribution is 2.06. The molecule has 0 spiro atoms. The van der Waals surface area contributed by atoms with Gasteiger partial charge in [-0.2, -0.15) is 0 Å². The number of rotatable bonds is 9. The lowest BCUT2D eigenvalue weighted by Gasteiger charge is -2.19. The van der Waals surface area contributed by atoms with Crippen molar-refractivity contribution < 1.29 is 4.74 Å². The van der Waals surface area contributed by atoms with Crippen molar-refractivity contribution in [3.05, 3.63) is 12.8 Å². The normalized spacial score (nSPS) is 12.9. The molecule has 0 aliphatic heterocycles. The van der Waals surface area contributed by atoms with Crippen molar-refractivity contribution in [3.8, 4) is 0 Å². The third kappa shape index (κ3) is 6.92. The first-order chi connectivity index (χ1) is 6.72. The van der Waals surface area contributed by atoms with E-state index in [4.69, 9.17) is 10.5 Å². The molecule has 3 heteroatoms. The van der Waals surface area contributed by atoms with Gasteiger partial charge in [-0.3, -0.25) is 0 Å². The monoisotopic (exact) mass is 200 g/mol. The van der Waals surface area contributed by atoms with Gasteiger partial charge in [-0.1, -0.05) is 20.4 Å². The second-order valence-corrected chi connectivity index (χ2v) is 3.83. The lowest BCUT2D eigenvalue weighted by atomic mass is 9.96. The van der Waals surface area contributed by atoms with Crippen LogP contribution in [0.4, 0.5) is 0 Å². The predicted octanol–water partition coefficient (Wildman–Crippen LogP) is 1.36. The molecule has 0 bridgehead atoms. The van der Waals surface area contributed by atoms with Crippen molar-refractivity contribution in [1.82, 2.24) is 5.32 Å². The number of nitrogens with two attached hydrogens (primary N) is 1. The second-order valence-electron chi connectivity index (χ2n) is 3.83. The Balaban J connectivity index is 3.28. The van der Waals surface area contributed by atoms with Crippen molar-refractivity contribution >= 4 is 0 Å². The molecule has 3 nitrogen and oxygen atoms in total. The number of nitrogens with one attached hydrogen (secondary N) is 1. The smallest absolute Gasteiger partial charge is 0.0885 e. The standard InChI is InChI=1S/C11H24N2O/c1-4-14-7-5-6-13-9-11(8-12)10(2)3/h4,10-11,13H,1,5-9,12H2,2-3H3. The highest BCUT2D eigenvalue weighted by atomic mass is 16.5. The van der Waals surface area contributed by atoms with Gasteiger partial charge in [-0.15, -0.1) is 0 Å². The van der Waals surface area contributed by atoms with Gasteiger partial charge in [0.05, 0.1) is 12.9 Å². The van der Waals surface area contributed by atoms with Gasteiger partial charge in [-0.25, -0.2) is 0 Å². The first-order valence-corrected chi connectivity index (χ1v) is 5.35. The summed E-state index contributed by atoms with van der Waals surface area (Å²) in [6.07, 6.45) is 2.50. The molecule has 1 unspecified atom stereocenters. The third-order valence-corrected chi connectivity index (χ3v) is 2.39. The Labute approximate surface area is 87.7 Å². The summed E-state index contributed by atoms with van der Waals surface area (Å²) in [6.45, 7) is 11.4. The third-order valence-electron chi connectivity index (χ3n) is 2.39. The summed E-state index contributed by atoms with van der Waals surface area (Å²) in [4.78, 5) is 0. The minimum Gasteiger partial charge on any atom is -0.502 e. The Morgan fingerprint density at radius 1 is 1.50 bits per heavy atom. The van der Waals surface area contributed by atoms with Crippen LogP contribution in [-0.2, 0) is 4.74 Å². The van der Waals surface area contributed by atoms with E-state index in [-0.39, 0.29) is 0 Å². The molecule has 0 aliphatic carbocycles. The molecule has 84 valence electrons. The topological polar surface area (TPSA) is 47.3 Å². The van der Waals surface area contributed by atoms with E-state index in [1.54, 1.807) is 0 Å². The van der Waals surface area contributed by atoms with Crippen LogP contribution in [0, 0.1) is 11.8 Å². The van der Waals surface area contributed by atoms with Crippen molar-refractivity contribution in [2.24, 2.45) is 17.6 Å². The molecule has 0 saturated heterocycles. The minimum absolute atomic E-state index is 0.579. The van der Waals surface area contributed by atoms with Crippen molar-refractivity contribution in [3.63, 3.8) is 0 Å². The summed E-state index contributed by atoms with van der Waals surface area (Å²) in [5, 5.41) is 3.38. The van der Waals surface area contributed by atoms with E-state index in [0.717, 1.165) is 32.7 Å². The fraction of sp³-hybridized carbons (Fsp3) is 0.818.